The fourth-order valence-corrected chi connectivity index (χ4v) is 6.63. The van der Waals surface area contributed by atoms with Crippen molar-refractivity contribution in [2.75, 3.05) is 5.32 Å². The Morgan fingerprint density at radius 3 is 3.04 bits per heavy atom. The number of nitrogens with one attached hydrogen (secondary N) is 2. The normalized spacial score (nSPS) is 33.8. The van der Waals surface area contributed by atoms with E-state index >= 15 is 0 Å². The number of hydrogen-bond donors (Lipinski definition) is 2. The van der Waals surface area contributed by atoms with Crippen LogP contribution in [0.25, 0.3) is 10.2 Å². The van der Waals surface area contributed by atoms with Crippen LogP contribution < -0.4 is 10.6 Å². The zero-order chi connectivity index (χ0) is 16.4. The first kappa shape index (κ1) is 14.7. The SMILES string of the molecule is Cc1nc2cc(NC(=O)NC34CC5CCCC(C5)(C3)C4)ccc2s1. The van der Waals surface area contributed by atoms with E-state index < -0.39 is 0 Å². The summed E-state index contributed by atoms with van der Waals surface area (Å²) in [6, 6.07) is 5.91. The van der Waals surface area contributed by atoms with Crippen molar-refractivity contribution in [3.8, 4) is 0 Å². The highest BCUT2D eigenvalue weighted by atomic mass is 32.1. The molecule has 2 amide bonds. The van der Waals surface area contributed by atoms with E-state index in [0.717, 1.165) is 26.8 Å². The van der Waals surface area contributed by atoms with E-state index in [1.165, 1.54) is 44.9 Å². The van der Waals surface area contributed by atoms with Crippen LogP contribution in [-0.4, -0.2) is 16.6 Å². The number of anilines is 1. The van der Waals surface area contributed by atoms with Gasteiger partial charge in [-0.15, -0.1) is 11.3 Å². The molecule has 3 bridgehead atoms. The van der Waals surface area contributed by atoms with Gasteiger partial charge in [0.15, 0.2) is 0 Å². The van der Waals surface area contributed by atoms with Gasteiger partial charge in [0.2, 0.25) is 0 Å². The summed E-state index contributed by atoms with van der Waals surface area (Å²) in [5.74, 6) is 0.830. The highest BCUT2D eigenvalue weighted by molar-refractivity contribution is 7.18. The quantitative estimate of drug-likeness (QED) is 0.821. The molecule has 2 aromatic rings. The summed E-state index contributed by atoms with van der Waals surface area (Å²) in [6.07, 6.45) is 9.06. The number of carbonyl (C=O) groups is 1. The molecule has 1 aromatic heterocycles. The highest BCUT2D eigenvalue weighted by Crippen LogP contribution is 2.65. The van der Waals surface area contributed by atoms with Crippen molar-refractivity contribution >= 4 is 33.3 Å². The molecule has 6 rings (SSSR count). The van der Waals surface area contributed by atoms with Gasteiger partial charge in [0.25, 0.3) is 0 Å². The van der Waals surface area contributed by atoms with Gasteiger partial charge in [-0.1, -0.05) is 12.8 Å². The molecule has 4 saturated carbocycles. The molecule has 4 aliphatic carbocycles. The molecule has 0 radical (unpaired) electrons. The molecule has 4 aliphatic rings. The number of amides is 2. The van der Waals surface area contributed by atoms with E-state index in [4.69, 9.17) is 0 Å². The van der Waals surface area contributed by atoms with Crippen LogP contribution in [0.3, 0.4) is 0 Å². The molecule has 4 fully saturated rings. The third kappa shape index (κ3) is 2.32. The molecule has 126 valence electrons. The van der Waals surface area contributed by atoms with Crippen molar-refractivity contribution in [1.82, 2.24) is 10.3 Å². The first-order valence-corrected chi connectivity index (χ1v) is 9.81. The van der Waals surface area contributed by atoms with Gasteiger partial charge in [0.1, 0.15) is 0 Å². The van der Waals surface area contributed by atoms with Gasteiger partial charge in [0, 0.05) is 11.2 Å². The van der Waals surface area contributed by atoms with Gasteiger partial charge in [-0.25, -0.2) is 9.78 Å². The summed E-state index contributed by atoms with van der Waals surface area (Å²) in [4.78, 5) is 17.0. The minimum absolute atomic E-state index is 0.0591. The van der Waals surface area contributed by atoms with E-state index in [2.05, 4.69) is 15.6 Å². The lowest BCUT2D eigenvalue weighted by Gasteiger charge is -2.65. The second-order valence-corrected chi connectivity index (χ2v) is 9.53. The van der Waals surface area contributed by atoms with Crippen LogP contribution >= 0.6 is 11.3 Å². The number of rotatable bonds is 2. The molecule has 4 nitrogen and oxygen atoms in total. The van der Waals surface area contributed by atoms with Gasteiger partial charge in [0.05, 0.1) is 15.2 Å². The number of nitrogens with zero attached hydrogens (tertiary/aromatic N) is 1. The maximum atomic E-state index is 12.5. The lowest BCUT2D eigenvalue weighted by Crippen LogP contribution is -2.67. The number of aromatic nitrogens is 1. The van der Waals surface area contributed by atoms with Crippen molar-refractivity contribution < 1.29 is 4.79 Å². The van der Waals surface area contributed by atoms with Gasteiger partial charge in [-0.3, -0.25) is 0 Å². The van der Waals surface area contributed by atoms with Crippen LogP contribution in [0.5, 0.6) is 0 Å². The predicted molar refractivity (Wildman–Crippen MR) is 97.5 cm³/mol. The minimum Gasteiger partial charge on any atom is -0.332 e. The highest BCUT2D eigenvalue weighted by Gasteiger charge is 2.61. The Hall–Kier alpha value is -1.62. The van der Waals surface area contributed by atoms with Crippen LogP contribution in [0.2, 0.25) is 0 Å². The first-order chi connectivity index (χ1) is 11.5. The summed E-state index contributed by atoms with van der Waals surface area (Å²) in [7, 11) is 0. The van der Waals surface area contributed by atoms with Crippen LogP contribution in [0.4, 0.5) is 10.5 Å². The van der Waals surface area contributed by atoms with Crippen LogP contribution in [0.1, 0.15) is 50.0 Å². The molecule has 1 unspecified atom stereocenters. The molecule has 1 heterocycles. The minimum atomic E-state index is -0.0591. The average molecular weight is 341 g/mol. The monoisotopic (exact) mass is 341 g/mol. The lowest BCUT2D eigenvalue weighted by atomic mass is 9.43. The van der Waals surface area contributed by atoms with Crippen LogP contribution in [-0.2, 0) is 0 Å². The number of fused-ring (bicyclic) bond motifs is 1. The lowest BCUT2D eigenvalue weighted by molar-refractivity contribution is -0.102. The molecule has 0 saturated heterocycles. The smallest absolute Gasteiger partial charge is 0.319 e. The zero-order valence-corrected chi connectivity index (χ0v) is 14.8. The predicted octanol–water partition coefficient (Wildman–Crippen LogP) is 4.84. The largest absolute Gasteiger partial charge is 0.332 e. The molecule has 1 spiro atoms. The molecule has 5 heteroatoms. The van der Waals surface area contributed by atoms with Gasteiger partial charge < -0.3 is 10.6 Å². The molecule has 0 aliphatic heterocycles. The van der Waals surface area contributed by atoms with E-state index in [0.29, 0.717) is 5.41 Å². The number of hydrogen-bond acceptors (Lipinski definition) is 3. The Balaban J connectivity index is 1.29. The molecule has 1 atom stereocenters. The molecular formula is C19H23N3OS. The number of aryl methyl sites for hydroxylation is 1. The third-order valence-electron chi connectivity index (χ3n) is 6.28. The number of carbonyl (C=O) groups excluding carboxylic acids is 1. The summed E-state index contributed by atoms with van der Waals surface area (Å²) in [5, 5.41) is 7.39. The second-order valence-electron chi connectivity index (χ2n) is 8.29. The van der Waals surface area contributed by atoms with Gasteiger partial charge >= 0.3 is 6.03 Å². The van der Waals surface area contributed by atoms with Crippen molar-refractivity contribution in [1.29, 1.82) is 0 Å². The fraction of sp³-hybridized carbons (Fsp3) is 0.579. The molecule has 1 aromatic carbocycles. The topological polar surface area (TPSA) is 54.0 Å². The van der Waals surface area contributed by atoms with Crippen LogP contribution in [0, 0.1) is 18.3 Å². The van der Waals surface area contributed by atoms with E-state index in [1.54, 1.807) is 11.3 Å². The van der Waals surface area contributed by atoms with Crippen molar-refractivity contribution in [2.45, 2.75) is 57.4 Å². The van der Waals surface area contributed by atoms with E-state index in [-0.39, 0.29) is 11.6 Å². The van der Waals surface area contributed by atoms with Crippen molar-refractivity contribution in [3.63, 3.8) is 0 Å². The Morgan fingerprint density at radius 2 is 2.21 bits per heavy atom. The van der Waals surface area contributed by atoms with E-state index in [1.807, 2.05) is 25.1 Å². The standard InChI is InChI=1S/C19H23N3OS/c1-12-20-15-7-14(4-5-16(15)24-12)21-17(23)22-19-9-13-3-2-6-18(8-13,10-19)11-19/h4-5,7,13H,2-3,6,8-11H2,1H3,(H2,21,22,23). The maximum absolute atomic E-state index is 12.5. The molecule has 2 N–H and O–H groups in total. The van der Waals surface area contributed by atoms with Crippen LogP contribution in [0.15, 0.2) is 18.2 Å². The van der Waals surface area contributed by atoms with Gasteiger partial charge in [-0.05, 0) is 68.6 Å². The van der Waals surface area contributed by atoms with Crippen molar-refractivity contribution in [2.24, 2.45) is 11.3 Å². The summed E-state index contributed by atoms with van der Waals surface area (Å²) >= 11 is 1.68. The molecular weight excluding hydrogens is 318 g/mol. The Bertz CT molecular complexity index is 816. The third-order valence-corrected chi connectivity index (χ3v) is 7.23. The van der Waals surface area contributed by atoms with E-state index in [9.17, 15) is 4.79 Å². The van der Waals surface area contributed by atoms with Crippen molar-refractivity contribution in [3.05, 3.63) is 23.2 Å². The summed E-state index contributed by atoms with van der Waals surface area (Å²) in [5.41, 5.74) is 2.41. The number of urea groups is 1. The van der Waals surface area contributed by atoms with Gasteiger partial charge in [-0.2, -0.15) is 0 Å². The zero-order valence-electron chi connectivity index (χ0n) is 14.0. The second kappa shape index (κ2) is 4.94. The summed E-state index contributed by atoms with van der Waals surface area (Å²) in [6.45, 7) is 2.01. The molecule has 24 heavy (non-hydrogen) atoms. The first-order valence-electron chi connectivity index (χ1n) is 9.00. The number of thiazole rings is 1. The maximum Gasteiger partial charge on any atom is 0.319 e. The Labute approximate surface area is 146 Å². The Morgan fingerprint density at radius 1 is 1.33 bits per heavy atom. The number of benzene rings is 1. The Kier molecular flexibility index (Phi) is 3.03. The summed E-state index contributed by atoms with van der Waals surface area (Å²) < 4.78 is 1.16. The average Bonchev–Trinajstić information content (AvgIpc) is 2.84. The fourth-order valence-electron chi connectivity index (χ4n) is 5.82.